The number of thioether (sulfide) groups is 1. The Balaban J connectivity index is 2.53. The summed E-state index contributed by atoms with van der Waals surface area (Å²) >= 11 is 7.40. The van der Waals surface area contributed by atoms with Gasteiger partial charge in [-0.1, -0.05) is 23.4 Å². The highest BCUT2D eigenvalue weighted by Crippen LogP contribution is 2.23. The van der Waals surface area contributed by atoms with Gasteiger partial charge in [0, 0.05) is 23.2 Å². The number of fused-ring (bicyclic) bond motifs is 1. The van der Waals surface area contributed by atoms with E-state index in [4.69, 9.17) is 11.6 Å². The average molecular weight is 325 g/mol. The molecule has 1 aromatic carbocycles. The number of halogens is 1. The maximum absolute atomic E-state index is 12.6. The summed E-state index contributed by atoms with van der Waals surface area (Å²) in [5.41, 5.74) is 0.520. The zero-order valence-electron chi connectivity index (χ0n) is 12.2. The van der Waals surface area contributed by atoms with Crippen molar-refractivity contribution in [3.05, 3.63) is 33.6 Å². The molecule has 2 rings (SSSR count). The second kappa shape index (κ2) is 6.62. The van der Waals surface area contributed by atoms with Crippen LogP contribution in [0.2, 0.25) is 5.02 Å². The molecule has 0 fully saturated rings. The van der Waals surface area contributed by atoms with Crippen molar-refractivity contribution in [3.63, 3.8) is 0 Å². The monoisotopic (exact) mass is 324 g/mol. The Labute approximate surface area is 132 Å². The van der Waals surface area contributed by atoms with Crippen molar-refractivity contribution in [2.75, 3.05) is 5.75 Å². The molecule has 0 aliphatic rings. The van der Waals surface area contributed by atoms with Gasteiger partial charge in [0.1, 0.15) is 5.78 Å². The van der Waals surface area contributed by atoms with Crippen molar-refractivity contribution in [1.82, 2.24) is 9.55 Å². The number of nitrogens with zero attached hydrogens (tertiary/aromatic N) is 2. The number of hydrogen-bond donors (Lipinski definition) is 0. The van der Waals surface area contributed by atoms with E-state index in [-0.39, 0.29) is 17.4 Å². The lowest BCUT2D eigenvalue weighted by Crippen LogP contribution is -2.25. The van der Waals surface area contributed by atoms with Gasteiger partial charge in [0.25, 0.3) is 5.56 Å². The van der Waals surface area contributed by atoms with Crippen molar-refractivity contribution in [2.24, 2.45) is 0 Å². The Bertz CT molecular complexity index is 740. The van der Waals surface area contributed by atoms with Gasteiger partial charge in [0.05, 0.1) is 10.9 Å². The molecular formula is C15H17ClN2O2S. The van der Waals surface area contributed by atoms with Crippen LogP contribution in [0.15, 0.2) is 28.2 Å². The molecule has 0 saturated carbocycles. The molecule has 6 heteroatoms. The minimum Gasteiger partial charge on any atom is -0.300 e. The lowest BCUT2D eigenvalue weighted by molar-refractivity contribution is -0.116. The standard InChI is InChI=1S/C15H17ClN2O2S/c1-9(2)18-14(20)12-5-4-11(16)8-13(12)17-15(18)21-7-6-10(3)19/h4-5,8-9H,6-7H2,1-3H3. The molecule has 0 atom stereocenters. The first-order valence-corrected chi connectivity index (χ1v) is 8.10. The molecule has 0 radical (unpaired) electrons. The van der Waals surface area contributed by atoms with Crippen LogP contribution >= 0.6 is 23.4 Å². The van der Waals surface area contributed by atoms with Crippen LogP contribution in [-0.4, -0.2) is 21.1 Å². The fraction of sp³-hybridized carbons (Fsp3) is 0.400. The molecule has 2 aromatic rings. The van der Waals surface area contributed by atoms with Crippen LogP contribution in [0.3, 0.4) is 0 Å². The molecule has 0 aliphatic heterocycles. The van der Waals surface area contributed by atoms with Crippen molar-refractivity contribution in [2.45, 2.75) is 38.4 Å². The Kier molecular flexibility index (Phi) is 5.06. The number of benzene rings is 1. The van der Waals surface area contributed by atoms with Crippen LogP contribution in [-0.2, 0) is 4.79 Å². The van der Waals surface area contributed by atoms with Crippen molar-refractivity contribution in [1.29, 1.82) is 0 Å². The summed E-state index contributed by atoms with van der Waals surface area (Å²) in [6, 6.07) is 5.10. The molecule has 21 heavy (non-hydrogen) atoms. The smallest absolute Gasteiger partial charge is 0.262 e. The van der Waals surface area contributed by atoms with E-state index in [1.165, 1.54) is 11.8 Å². The highest BCUT2D eigenvalue weighted by Gasteiger charge is 2.14. The summed E-state index contributed by atoms with van der Waals surface area (Å²) < 4.78 is 1.67. The zero-order chi connectivity index (χ0) is 15.6. The van der Waals surface area contributed by atoms with Gasteiger partial charge < -0.3 is 0 Å². The maximum atomic E-state index is 12.6. The van der Waals surface area contributed by atoms with Gasteiger partial charge >= 0.3 is 0 Å². The highest BCUT2D eigenvalue weighted by molar-refractivity contribution is 7.99. The highest BCUT2D eigenvalue weighted by atomic mass is 35.5. The van der Waals surface area contributed by atoms with Crippen LogP contribution in [0.1, 0.15) is 33.2 Å². The predicted molar refractivity (Wildman–Crippen MR) is 87.4 cm³/mol. The first-order valence-electron chi connectivity index (χ1n) is 6.74. The van der Waals surface area contributed by atoms with E-state index in [1.807, 2.05) is 13.8 Å². The number of aromatic nitrogens is 2. The second-order valence-electron chi connectivity index (χ2n) is 5.13. The van der Waals surface area contributed by atoms with Gasteiger partial charge in [-0.25, -0.2) is 4.98 Å². The zero-order valence-corrected chi connectivity index (χ0v) is 13.8. The predicted octanol–water partition coefficient (Wildman–Crippen LogP) is 3.70. The minimum atomic E-state index is -0.0722. The van der Waals surface area contributed by atoms with Crippen molar-refractivity contribution < 1.29 is 4.79 Å². The first kappa shape index (κ1) is 16.0. The van der Waals surface area contributed by atoms with E-state index < -0.39 is 0 Å². The Morgan fingerprint density at radius 1 is 1.43 bits per heavy atom. The number of carbonyl (C=O) groups is 1. The number of Topliss-reactive ketones (excluding diaryl/α,β-unsaturated/α-hetero) is 1. The second-order valence-corrected chi connectivity index (χ2v) is 6.62. The molecule has 0 amide bonds. The van der Waals surface area contributed by atoms with Gasteiger partial charge in [-0.15, -0.1) is 0 Å². The van der Waals surface area contributed by atoms with Crippen LogP contribution in [0.25, 0.3) is 10.9 Å². The van der Waals surface area contributed by atoms with Crippen LogP contribution < -0.4 is 5.56 Å². The Morgan fingerprint density at radius 3 is 2.76 bits per heavy atom. The van der Waals surface area contributed by atoms with E-state index >= 15 is 0 Å². The molecule has 0 bridgehead atoms. The third kappa shape index (κ3) is 3.66. The van der Waals surface area contributed by atoms with Gasteiger partial charge in [-0.05, 0) is 39.0 Å². The molecule has 0 spiro atoms. The largest absolute Gasteiger partial charge is 0.300 e. The van der Waals surface area contributed by atoms with Crippen molar-refractivity contribution >= 4 is 40.0 Å². The maximum Gasteiger partial charge on any atom is 0.262 e. The lowest BCUT2D eigenvalue weighted by Gasteiger charge is -2.16. The SMILES string of the molecule is CC(=O)CCSc1nc2cc(Cl)ccc2c(=O)n1C(C)C. The normalized spacial score (nSPS) is 11.3. The third-order valence-corrected chi connectivity index (χ3v) is 4.22. The van der Waals surface area contributed by atoms with Gasteiger partial charge in [-0.3, -0.25) is 14.2 Å². The topological polar surface area (TPSA) is 52.0 Å². The Hall–Kier alpha value is -1.33. The summed E-state index contributed by atoms with van der Waals surface area (Å²) in [4.78, 5) is 28.2. The summed E-state index contributed by atoms with van der Waals surface area (Å²) in [6.45, 7) is 5.45. The quantitative estimate of drug-likeness (QED) is 0.621. The number of carbonyl (C=O) groups excluding carboxylic acids is 1. The lowest BCUT2D eigenvalue weighted by atomic mass is 10.2. The molecule has 0 unspecified atom stereocenters. The molecule has 0 saturated heterocycles. The van der Waals surface area contributed by atoms with Crippen molar-refractivity contribution in [3.8, 4) is 0 Å². The molecule has 112 valence electrons. The van der Waals surface area contributed by atoms with Gasteiger partial charge in [0.15, 0.2) is 5.16 Å². The fourth-order valence-electron chi connectivity index (χ4n) is 1.99. The summed E-state index contributed by atoms with van der Waals surface area (Å²) in [6.07, 6.45) is 0.464. The number of ketones is 1. The fourth-order valence-corrected chi connectivity index (χ4v) is 3.33. The number of rotatable bonds is 5. The summed E-state index contributed by atoms with van der Waals surface area (Å²) in [7, 11) is 0. The van der Waals surface area contributed by atoms with Crippen LogP contribution in [0.4, 0.5) is 0 Å². The molecule has 4 nitrogen and oxygen atoms in total. The average Bonchev–Trinajstić information content (AvgIpc) is 2.37. The van der Waals surface area contributed by atoms with Gasteiger partial charge in [0.2, 0.25) is 0 Å². The molecule has 1 aromatic heterocycles. The molecule has 0 aliphatic carbocycles. The van der Waals surface area contributed by atoms with E-state index in [9.17, 15) is 9.59 Å². The van der Waals surface area contributed by atoms with Crippen LogP contribution in [0.5, 0.6) is 0 Å². The van der Waals surface area contributed by atoms with Crippen LogP contribution in [0, 0.1) is 0 Å². The van der Waals surface area contributed by atoms with E-state index in [0.717, 1.165) is 0 Å². The summed E-state index contributed by atoms with van der Waals surface area (Å²) in [5, 5.41) is 1.74. The van der Waals surface area contributed by atoms with E-state index in [2.05, 4.69) is 4.98 Å². The minimum absolute atomic E-state index is 0.00454. The third-order valence-electron chi connectivity index (χ3n) is 3.03. The van der Waals surface area contributed by atoms with E-state index in [1.54, 1.807) is 29.7 Å². The van der Waals surface area contributed by atoms with E-state index in [0.29, 0.717) is 33.3 Å². The number of hydrogen-bond acceptors (Lipinski definition) is 4. The Morgan fingerprint density at radius 2 is 2.14 bits per heavy atom. The first-order chi connectivity index (χ1) is 9.90. The molecule has 0 N–H and O–H groups in total. The van der Waals surface area contributed by atoms with Gasteiger partial charge in [-0.2, -0.15) is 0 Å². The summed E-state index contributed by atoms with van der Waals surface area (Å²) in [5.74, 6) is 0.741. The molecular weight excluding hydrogens is 308 g/mol. The molecule has 1 heterocycles.